The smallest absolute Gasteiger partial charge is 0.488 e. The third-order valence-electron chi connectivity index (χ3n) is 2.33. The average molecular weight is 284 g/mol. The lowest BCUT2D eigenvalue weighted by Crippen LogP contribution is -2.44. The van der Waals surface area contributed by atoms with Crippen molar-refractivity contribution in [1.82, 2.24) is 0 Å². The normalized spacial score (nSPS) is 10.7. The summed E-state index contributed by atoms with van der Waals surface area (Å²) in [5, 5.41) is 0. The van der Waals surface area contributed by atoms with Crippen LogP contribution in [0.4, 0.5) is 0 Å². The van der Waals surface area contributed by atoms with Gasteiger partial charge in [0.1, 0.15) is 0 Å². The van der Waals surface area contributed by atoms with E-state index in [1.165, 1.54) is 12.8 Å². The number of unbranched alkanes of at least 4 members (excludes halogenated alkanes) is 3. The Bertz CT molecular complexity index is 283. The zero-order valence-corrected chi connectivity index (χ0v) is 13.9. The summed E-state index contributed by atoms with van der Waals surface area (Å²) < 4.78 is 17.5. The molecule has 0 radical (unpaired) electrons. The Hall–Kier alpha value is -1.16. The van der Waals surface area contributed by atoms with Gasteiger partial charge < -0.3 is 13.3 Å². The molecule has 4 heteroatoms. The van der Waals surface area contributed by atoms with Gasteiger partial charge in [0.25, 0.3) is 0 Å². The van der Waals surface area contributed by atoms with Gasteiger partial charge >= 0.3 is 8.80 Å². The van der Waals surface area contributed by atoms with Crippen LogP contribution < -0.4 is 0 Å². The van der Waals surface area contributed by atoms with Crippen molar-refractivity contribution in [3.63, 3.8) is 0 Å². The average Bonchev–Trinajstić information content (AvgIpc) is 2.21. The summed E-state index contributed by atoms with van der Waals surface area (Å²) in [7, 11) is -2.83. The molecule has 0 heterocycles. The highest BCUT2D eigenvalue weighted by atomic mass is 28.4. The predicted octanol–water partition coefficient (Wildman–Crippen LogP) is 5.16. The first-order valence-corrected chi connectivity index (χ1v) is 8.78. The van der Waals surface area contributed by atoms with Crippen LogP contribution in [0.2, 0.25) is 6.04 Å². The first-order valence-electron chi connectivity index (χ1n) is 6.85. The molecule has 0 rings (SSSR count). The van der Waals surface area contributed by atoms with E-state index in [2.05, 4.69) is 26.7 Å². The van der Waals surface area contributed by atoms with E-state index < -0.39 is 8.80 Å². The minimum atomic E-state index is -2.83. The SMILES string of the molecule is C=C(C)O[Si](CCCCCC)(OC(=C)C)OC(=C)C. The fourth-order valence-corrected chi connectivity index (χ4v) is 4.49. The van der Waals surface area contributed by atoms with Crippen molar-refractivity contribution in [1.29, 1.82) is 0 Å². The molecule has 0 bridgehead atoms. The fraction of sp³-hybridized carbons (Fsp3) is 0.600. The van der Waals surface area contributed by atoms with Crippen LogP contribution in [0.25, 0.3) is 0 Å². The molecule has 19 heavy (non-hydrogen) atoms. The molecule has 0 N–H and O–H groups in total. The first-order chi connectivity index (χ1) is 8.81. The van der Waals surface area contributed by atoms with Gasteiger partial charge in [-0.15, -0.1) is 0 Å². The number of allylic oxidation sites excluding steroid dienone is 3. The van der Waals surface area contributed by atoms with E-state index in [1.54, 1.807) is 20.8 Å². The van der Waals surface area contributed by atoms with E-state index in [4.69, 9.17) is 13.3 Å². The van der Waals surface area contributed by atoms with Gasteiger partial charge in [-0.2, -0.15) is 0 Å². The molecule has 0 aliphatic heterocycles. The molecular weight excluding hydrogens is 256 g/mol. The molecule has 0 fully saturated rings. The molecule has 0 aromatic rings. The lowest BCUT2D eigenvalue weighted by Gasteiger charge is -2.30. The highest BCUT2D eigenvalue weighted by Crippen LogP contribution is 2.26. The van der Waals surface area contributed by atoms with Gasteiger partial charge in [-0.1, -0.05) is 45.9 Å². The van der Waals surface area contributed by atoms with Crippen molar-refractivity contribution in [3.8, 4) is 0 Å². The summed E-state index contributed by atoms with van der Waals surface area (Å²) >= 11 is 0. The lowest BCUT2D eigenvalue weighted by atomic mass is 10.2. The van der Waals surface area contributed by atoms with Crippen LogP contribution in [0.5, 0.6) is 0 Å². The molecule has 3 nitrogen and oxygen atoms in total. The van der Waals surface area contributed by atoms with Crippen LogP contribution in [-0.2, 0) is 13.3 Å². The molecule has 0 aliphatic carbocycles. The topological polar surface area (TPSA) is 27.7 Å². The molecule has 0 saturated carbocycles. The molecule has 0 saturated heterocycles. The summed E-state index contributed by atoms with van der Waals surface area (Å²) in [5.41, 5.74) is 0. The molecule has 0 aromatic heterocycles. The Kier molecular flexibility index (Phi) is 8.31. The number of rotatable bonds is 11. The number of hydrogen-bond acceptors (Lipinski definition) is 3. The molecule has 0 aliphatic rings. The second-order valence-corrected chi connectivity index (χ2v) is 7.38. The van der Waals surface area contributed by atoms with Crippen LogP contribution >= 0.6 is 0 Å². The van der Waals surface area contributed by atoms with Crippen LogP contribution in [0.15, 0.2) is 37.0 Å². The maximum Gasteiger partial charge on any atom is 0.698 e. The maximum atomic E-state index is 5.82. The Balaban J connectivity index is 4.82. The van der Waals surface area contributed by atoms with Crippen LogP contribution in [0.1, 0.15) is 53.4 Å². The monoisotopic (exact) mass is 284 g/mol. The van der Waals surface area contributed by atoms with Gasteiger partial charge in [0, 0.05) is 0 Å². The fourth-order valence-electron chi connectivity index (χ4n) is 1.78. The summed E-state index contributed by atoms with van der Waals surface area (Å²) in [5.74, 6) is 1.80. The van der Waals surface area contributed by atoms with Crippen LogP contribution in [0.3, 0.4) is 0 Å². The van der Waals surface area contributed by atoms with Gasteiger partial charge in [0.2, 0.25) is 0 Å². The minimum Gasteiger partial charge on any atom is -0.488 e. The Morgan fingerprint density at radius 3 is 1.53 bits per heavy atom. The minimum absolute atomic E-state index is 0.602. The zero-order valence-electron chi connectivity index (χ0n) is 12.9. The lowest BCUT2D eigenvalue weighted by molar-refractivity contribution is 0.143. The molecular formula is C15H28O3Si. The van der Waals surface area contributed by atoms with Gasteiger partial charge in [0.05, 0.1) is 23.3 Å². The summed E-state index contributed by atoms with van der Waals surface area (Å²) in [6.07, 6.45) is 4.55. The van der Waals surface area contributed by atoms with Crippen molar-refractivity contribution in [2.45, 2.75) is 59.4 Å². The standard InChI is InChI=1S/C15H28O3Si/c1-8-9-10-11-12-19(16-13(2)3,17-14(4)5)18-15(6)7/h2,4,6,8-12H2,1,3,5,7H3. The van der Waals surface area contributed by atoms with E-state index in [1.807, 2.05) is 0 Å². The highest BCUT2D eigenvalue weighted by molar-refractivity contribution is 6.61. The molecule has 0 spiro atoms. The summed E-state index contributed by atoms with van der Waals surface area (Å²) in [6.45, 7) is 19.0. The second kappa shape index (κ2) is 8.86. The number of hydrogen-bond donors (Lipinski definition) is 0. The van der Waals surface area contributed by atoms with Crippen molar-refractivity contribution in [3.05, 3.63) is 37.0 Å². The van der Waals surface area contributed by atoms with E-state index >= 15 is 0 Å². The summed E-state index contributed by atoms with van der Waals surface area (Å²) in [4.78, 5) is 0. The Labute approximate surface area is 119 Å². The predicted molar refractivity (Wildman–Crippen MR) is 82.4 cm³/mol. The van der Waals surface area contributed by atoms with E-state index in [0.717, 1.165) is 18.9 Å². The molecule has 0 amide bonds. The Morgan fingerprint density at radius 1 is 0.789 bits per heavy atom. The molecule has 0 aromatic carbocycles. The van der Waals surface area contributed by atoms with Crippen molar-refractivity contribution >= 4 is 8.80 Å². The van der Waals surface area contributed by atoms with Crippen LogP contribution in [0, 0.1) is 0 Å². The quantitative estimate of drug-likeness (QED) is 0.298. The molecule has 110 valence electrons. The van der Waals surface area contributed by atoms with Crippen molar-refractivity contribution in [2.75, 3.05) is 0 Å². The second-order valence-electron chi connectivity index (χ2n) is 4.91. The van der Waals surface area contributed by atoms with Crippen molar-refractivity contribution < 1.29 is 13.3 Å². The first kappa shape index (κ1) is 17.8. The molecule has 0 atom stereocenters. The van der Waals surface area contributed by atoms with E-state index in [-0.39, 0.29) is 0 Å². The largest absolute Gasteiger partial charge is 0.698 e. The van der Waals surface area contributed by atoms with Gasteiger partial charge in [0.15, 0.2) is 0 Å². The van der Waals surface area contributed by atoms with Gasteiger partial charge in [-0.25, -0.2) is 0 Å². The summed E-state index contributed by atoms with van der Waals surface area (Å²) in [6, 6.07) is 0.750. The molecule has 0 unspecified atom stereocenters. The van der Waals surface area contributed by atoms with Gasteiger partial charge in [-0.3, -0.25) is 0 Å². The third kappa shape index (κ3) is 8.54. The highest BCUT2D eigenvalue weighted by Gasteiger charge is 2.48. The zero-order chi connectivity index (χ0) is 14.9. The van der Waals surface area contributed by atoms with Crippen molar-refractivity contribution in [2.24, 2.45) is 0 Å². The van der Waals surface area contributed by atoms with Crippen LogP contribution in [-0.4, -0.2) is 8.80 Å². The Morgan fingerprint density at radius 2 is 1.21 bits per heavy atom. The van der Waals surface area contributed by atoms with E-state index in [0.29, 0.717) is 17.3 Å². The van der Waals surface area contributed by atoms with E-state index in [9.17, 15) is 0 Å². The third-order valence-corrected chi connectivity index (χ3v) is 5.27. The maximum absolute atomic E-state index is 5.82. The van der Waals surface area contributed by atoms with Gasteiger partial charge in [-0.05, 0) is 27.2 Å².